The van der Waals surface area contributed by atoms with Gasteiger partial charge in [-0.1, -0.05) is 6.42 Å². The van der Waals surface area contributed by atoms with Gasteiger partial charge in [0.05, 0.1) is 18.8 Å². The minimum absolute atomic E-state index is 0. The Bertz CT molecular complexity index is 363. The number of piperidine rings is 1. The van der Waals surface area contributed by atoms with Crippen LogP contribution in [0, 0.1) is 0 Å². The molecule has 1 aliphatic rings. The number of hydrogen-bond donors (Lipinski definition) is 1. The zero-order chi connectivity index (χ0) is 12.9. The molecule has 18 heavy (non-hydrogen) atoms. The Hall–Kier alpha value is -0.400. The van der Waals surface area contributed by atoms with Crippen LogP contribution in [0.25, 0.3) is 0 Å². The minimum atomic E-state index is -3.51. The van der Waals surface area contributed by atoms with E-state index < -0.39 is 28.7 Å². The number of carbonyl (C=O) groups is 1. The molecule has 1 atom stereocenters. The number of sulfonamides is 1. The third-order valence-electron chi connectivity index (χ3n) is 2.88. The molecule has 1 saturated heterocycles. The molecule has 0 aliphatic carbocycles. The first-order valence-electron chi connectivity index (χ1n) is 5.74. The molecule has 1 rings (SSSR count). The number of hydrogen-bond acceptors (Lipinski definition) is 3. The van der Waals surface area contributed by atoms with Crippen molar-refractivity contribution in [1.29, 1.82) is 0 Å². The highest BCUT2D eigenvalue weighted by Crippen LogP contribution is 2.23. The van der Waals surface area contributed by atoms with Crippen LogP contribution in [0.4, 0.5) is 4.39 Å². The van der Waals surface area contributed by atoms with Crippen molar-refractivity contribution >= 4 is 28.4 Å². The van der Waals surface area contributed by atoms with E-state index >= 15 is 0 Å². The average molecular weight is 304 g/mol. The molecule has 1 heterocycles. The number of rotatable bonds is 6. The lowest BCUT2D eigenvalue weighted by Gasteiger charge is -2.33. The summed E-state index contributed by atoms with van der Waals surface area (Å²) in [5.41, 5.74) is 0. The van der Waals surface area contributed by atoms with Crippen molar-refractivity contribution in [3.05, 3.63) is 0 Å². The fourth-order valence-electron chi connectivity index (χ4n) is 2.10. The van der Waals surface area contributed by atoms with Crippen molar-refractivity contribution in [2.75, 3.05) is 19.0 Å². The third-order valence-corrected chi connectivity index (χ3v) is 4.88. The summed E-state index contributed by atoms with van der Waals surface area (Å²) in [6.45, 7) is -0.316. The normalized spacial score (nSPS) is 21.3. The van der Waals surface area contributed by atoms with Crippen molar-refractivity contribution in [3.63, 3.8) is 0 Å². The average Bonchev–Trinajstić information content (AvgIpc) is 2.26. The van der Waals surface area contributed by atoms with E-state index in [1.54, 1.807) is 0 Å². The molecule has 0 amide bonds. The number of carboxylic acid groups (broad SMARTS) is 1. The molecule has 108 valence electrons. The standard InChI is InChI=1S/C10H18FNO4S.ClH/c11-5-3-7-17(15,16)12-6-2-1-4-9(12)8-10(13)14;/h9H,1-8H2,(H,13,14);1H. The zero-order valence-electron chi connectivity index (χ0n) is 10.0. The molecule has 0 radical (unpaired) electrons. The highest BCUT2D eigenvalue weighted by Gasteiger charge is 2.32. The number of aliphatic carboxylic acids is 1. The summed E-state index contributed by atoms with van der Waals surface area (Å²) in [5.74, 6) is -1.23. The van der Waals surface area contributed by atoms with E-state index in [-0.39, 0.29) is 31.0 Å². The second-order valence-corrected chi connectivity index (χ2v) is 6.26. The van der Waals surface area contributed by atoms with E-state index in [1.165, 1.54) is 4.31 Å². The predicted octanol–water partition coefficient (Wildman–Crippen LogP) is 1.43. The summed E-state index contributed by atoms with van der Waals surface area (Å²) in [7, 11) is -3.51. The van der Waals surface area contributed by atoms with E-state index in [1.807, 2.05) is 0 Å². The van der Waals surface area contributed by atoms with Gasteiger partial charge in [-0.3, -0.25) is 9.18 Å². The summed E-state index contributed by atoms with van der Waals surface area (Å²) in [4.78, 5) is 10.7. The smallest absolute Gasteiger partial charge is 0.304 e. The quantitative estimate of drug-likeness (QED) is 0.805. The Morgan fingerprint density at radius 3 is 2.61 bits per heavy atom. The van der Waals surface area contributed by atoms with Gasteiger partial charge in [0.2, 0.25) is 10.0 Å². The van der Waals surface area contributed by atoms with Gasteiger partial charge in [0.15, 0.2) is 0 Å². The Balaban J connectivity index is 0.00000289. The molecule has 0 aromatic heterocycles. The van der Waals surface area contributed by atoms with Gasteiger partial charge in [-0.2, -0.15) is 4.31 Å². The second kappa shape index (κ2) is 7.91. The highest BCUT2D eigenvalue weighted by atomic mass is 35.5. The summed E-state index contributed by atoms with van der Waals surface area (Å²) < 4.78 is 37.1. The predicted molar refractivity (Wildman–Crippen MR) is 68.2 cm³/mol. The highest BCUT2D eigenvalue weighted by molar-refractivity contribution is 7.89. The van der Waals surface area contributed by atoms with E-state index in [4.69, 9.17) is 5.11 Å². The topological polar surface area (TPSA) is 74.7 Å². The van der Waals surface area contributed by atoms with Gasteiger partial charge in [0, 0.05) is 12.6 Å². The fourth-order valence-corrected chi connectivity index (χ4v) is 3.85. The van der Waals surface area contributed by atoms with Crippen LogP contribution >= 0.6 is 12.4 Å². The summed E-state index contributed by atoms with van der Waals surface area (Å²) in [6.07, 6.45) is 1.95. The van der Waals surface area contributed by atoms with Crippen molar-refractivity contribution in [1.82, 2.24) is 4.31 Å². The van der Waals surface area contributed by atoms with E-state index in [0.29, 0.717) is 13.0 Å². The number of nitrogens with zero attached hydrogens (tertiary/aromatic N) is 1. The fraction of sp³-hybridized carbons (Fsp3) is 0.900. The molecule has 0 spiro atoms. The SMILES string of the molecule is Cl.O=C(O)CC1CCCCN1S(=O)(=O)CCCF. The van der Waals surface area contributed by atoms with Gasteiger partial charge in [-0.15, -0.1) is 12.4 Å². The molecule has 0 saturated carbocycles. The minimum Gasteiger partial charge on any atom is -0.481 e. The molecule has 1 aliphatic heterocycles. The maximum Gasteiger partial charge on any atom is 0.304 e. The monoisotopic (exact) mass is 303 g/mol. The molecule has 1 unspecified atom stereocenters. The van der Waals surface area contributed by atoms with Gasteiger partial charge in [0.1, 0.15) is 0 Å². The van der Waals surface area contributed by atoms with Crippen LogP contribution in [-0.2, 0) is 14.8 Å². The molecule has 8 heteroatoms. The van der Waals surface area contributed by atoms with Crippen molar-refractivity contribution < 1.29 is 22.7 Å². The van der Waals surface area contributed by atoms with E-state index in [2.05, 4.69) is 0 Å². The summed E-state index contributed by atoms with van der Waals surface area (Å²) >= 11 is 0. The second-order valence-electron chi connectivity index (χ2n) is 4.22. The van der Waals surface area contributed by atoms with Crippen molar-refractivity contribution in [2.45, 2.75) is 38.1 Å². The first-order chi connectivity index (χ1) is 7.97. The number of halogens is 2. The Morgan fingerprint density at radius 2 is 2.06 bits per heavy atom. The third kappa shape index (κ3) is 5.07. The van der Waals surface area contributed by atoms with Gasteiger partial charge < -0.3 is 5.11 Å². The Kier molecular flexibility index (Phi) is 7.73. The van der Waals surface area contributed by atoms with Gasteiger partial charge in [0.25, 0.3) is 0 Å². The molecule has 0 bridgehead atoms. The maximum atomic E-state index is 12.0. The molecular formula is C10H19ClFNO4S. The van der Waals surface area contributed by atoms with Gasteiger partial charge in [-0.25, -0.2) is 8.42 Å². The van der Waals surface area contributed by atoms with Crippen LogP contribution in [0.3, 0.4) is 0 Å². The van der Waals surface area contributed by atoms with E-state index in [0.717, 1.165) is 12.8 Å². The summed E-state index contributed by atoms with van der Waals surface area (Å²) in [5, 5.41) is 8.74. The zero-order valence-corrected chi connectivity index (χ0v) is 11.7. The van der Waals surface area contributed by atoms with Crippen LogP contribution < -0.4 is 0 Å². The molecule has 0 aromatic rings. The Labute approximate surface area is 113 Å². The lowest BCUT2D eigenvalue weighted by molar-refractivity contribution is -0.138. The Morgan fingerprint density at radius 1 is 1.39 bits per heavy atom. The van der Waals surface area contributed by atoms with E-state index in [9.17, 15) is 17.6 Å². The maximum absolute atomic E-state index is 12.0. The van der Waals surface area contributed by atoms with Crippen LogP contribution in [-0.4, -0.2) is 48.8 Å². The number of carboxylic acids is 1. The lowest BCUT2D eigenvalue weighted by Crippen LogP contribution is -2.45. The van der Waals surface area contributed by atoms with Crippen LogP contribution in [0.1, 0.15) is 32.1 Å². The van der Waals surface area contributed by atoms with Gasteiger partial charge in [-0.05, 0) is 19.3 Å². The molecule has 1 fully saturated rings. The van der Waals surface area contributed by atoms with Crippen molar-refractivity contribution in [2.24, 2.45) is 0 Å². The van der Waals surface area contributed by atoms with Crippen LogP contribution in [0.2, 0.25) is 0 Å². The number of alkyl halides is 1. The van der Waals surface area contributed by atoms with Crippen LogP contribution in [0.5, 0.6) is 0 Å². The summed E-state index contributed by atoms with van der Waals surface area (Å²) in [6, 6.07) is -0.467. The van der Waals surface area contributed by atoms with Crippen molar-refractivity contribution in [3.8, 4) is 0 Å². The first-order valence-corrected chi connectivity index (χ1v) is 7.35. The molecule has 1 N–H and O–H groups in total. The van der Waals surface area contributed by atoms with Crippen LogP contribution in [0.15, 0.2) is 0 Å². The molecule has 5 nitrogen and oxygen atoms in total. The largest absolute Gasteiger partial charge is 0.481 e. The first kappa shape index (κ1) is 17.6. The lowest BCUT2D eigenvalue weighted by atomic mass is 10.0. The van der Waals surface area contributed by atoms with Gasteiger partial charge >= 0.3 is 5.97 Å². The molecular weight excluding hydrogens is 285 g/mol. The molecule has 0 aromatic carbocycles.